The predicted octanol–water partition coefficient (Wildman–Crippen LogP) is 6.63. The number of allylic oxidation sites excluding steroid dienone is 1. The summed E-state index contributed by atoms with van der Waals surface area (Å²) < 4.78 is 12.4. The van der Waals surface area contributed by atoms with Crippen molar-refractivity contribution in [3.05, 3.63) is 131 Å². The Kier molecular flexibility index (Phi) is 7.41. The molecule has 0 amide bonds. The molecule has 0 unspecified atom stereocenters. The van der Waals surface area contributed by atoms with E-state index in [-0.39, 0.29) is 5.78 Å². The molecule has 2 N–H and O–H groups in total. The van der Waals surface area contributed by atoms with Gasteiger partial charge in [0.1, 0.15) is 24.7 Å². The summed E-state index contributed by atoms with van der Waals surface area (Å²) in [6.45, 7) is 2.82. The molecule has 4 rings (SSSR count). The number of carbonyl (C=O) groups is 1. The molecule has 0 aliphatic heterocycles. The number of hydrogen-bond acceptors (Lipinski definition) is 4. The van der Waals surface area contributed by atoms with Gasteiger partial charge in [-0.2, -0.15) is 0 Å². The van der Waals surface area contributed by atoms with Gasteiger partial charge in [0.25, 0.3) is 0 Å². The normalized spacial score (nSPS) is 10.9. The standard InChI is InChI=1S/C30H27NO3/c1-22-18-29(33-20-23-8-4-2-5-9-23)27(16-17-28(32)25-12-14-26(31)15-13-25)30(19-22)34-21-24-10-6-3-7-11-24/h2-19H,20-21,31H2,1H3. The van der Waals surface area contributed by atoms with E-state index < -0.39 is 0 Å². The molecule has 0 spiro atoms. The highest BCUT2D eigenvalue weighted by Gasteiger charge is 2.12. The second-order valence-corrected chi connectivity index (χ2v) is 8.04. The lowest BCUT2D eigenvalue weighted by Gasteiger charge is -2.16. The first-order valence-corrected chi connectivity index (χ1v) is 11.1. The number of benzene rings is 4. The number of hydrogen-bond donors (Lipinski definition) is 1. The highest BCUT2D eigenvalue weighted by Crippen LogP contribution is 2.33. The van der Waals surface area contributed by atoms with Crippen LogP contribution >= 0.6 is 0 Å². The summed E-state index contributed by atoms with van der Waals surface area (Å²) in [5.74, 6) is 1.20. The van der Waals surface area contributed by atoms with Crippen LogP contribution in [0.1, 0.15) is 32.6 Å². The summed E-state index contributed by atoms with van der Waals surface area (Å²) >= 11 is 0. The van der Waals surface area contributed by atoms with Crippen LogP contribution in [0.3, 0.4) is 0 Å². The van der Waals surface area contributed by atoms with Gasteiger partial charge in [-0.3, -0.25) is 4.79 Å². The average Bonchev–Trinajstić information content (AvgIpc) is 2.87. The molecule has 0 bridgehead atoms. The zero-order valence-electron chi connectivity index (χ0n) is 19.1. The first kappa shape index (κ1) is 22.9. The number of aryl methyl sites for hydroxylation is 1. The van der Waals surface area contributed by atoms with Crippen molar-refractivity contribution in [2.24, 2.45) is 0 Å². The number of carbonyl (C=O) groups excluding carboxylic acids is 1. The van der Waals surface area contributed by atoms with Crippen molar-refractivity contribution in [1.29, 1.82) is 0 Å². The molecule has 4 heteroatoms. The molecule has 4 aromatic rings. The van der Waals surface area contributed by atoms with Crippen LogP contribution in [0.4, 0.5) is 5.69 Å². The van der Waals surface area contributed by atoms with Crippen molar-refractivity contribution in [1.82, 2.24) is 0 Å². The Hall–Kier alpha value is -4.31. The minimum atomic E-state index is -0.122. The van der Waals surface area contributed by atoms with Crippen molar-refractivity contribution < 1.29 is 14.3 Å². The van der Waals surface area contributed by atoms with Gasteiger partial charge in [0.05, 0.1) is 5.56 Å². The van der Waals surface area contributed by atoms with Crippen molar-refractivity contribution in [3.8, 4) is 11.5 Å². The van der Waals surface area contributed by atoms with Gasteiger partial charge < -0.3 is 15.2 Å². The molecule has 4 nitrogen and oxygen atoms in total. The maximum Gasteiger partial charge on any atom is 0.185 e. The first-order chi connectivity index (χ1) is 16.6. The van der Waals surface area contributed by atoms with Crippen LogP contribution in [0.2, 0.25) is 0 Å². The summed E-state index contributed by atoms with van der Waals surface area (Å²) in [5.41, 5.74) is 10.8. The highest BCUT2D eigenvalue weighted by molar-refractivity contribution is 6.07. The molecule has 0 saturated carbocycles. The minimum absolute atomic E-state index is 0.122. The molecular weight excluding hydrogens is 422 g/mol. The van der Waals surface area contributed by atoms with E-state index >= 15 is 0 Å². The van der Waals surface area contributed by atoms with Crippen LogP contribution < -0.4 is 15.2 Å². The van der Waals surface area contributed by atoms with Crippen molar-refractivity contribution in [3.63, 3.8) is 0 Å². The Bertz CT molecular complexity index is 1200. The summed E-state index contributed by atoms with van der Waals surface area (Å²) in [5, 5.41) is 0. The molecule has 4 aromatic carbocycles. The zero-order valence-corrected chi connectivity index (χ0v) is 19.1. The van der Waals surface area contributed by atoms with E-state index in [4.69, 9.17) is 15.2 Å². The zero-order chi connectivity index (χ0) is 23.8. The second kappa shape index (κ2) is 11.0. The van der Waals surface area contributed by atoms with E-state index in [0.29, 0.717) is 36.0 Å². The Morgan fingerprint density at radius 1 is 0.765 bits per heavy atom. The SMILES string of the molecule is Cc1cc(OCc2ccccc2)c(C=CC(=O)c2ccc(N)cc2)c(OCc2ccccc2)c1. The van der Waals surface area contributed by atoms with Crippen LogP contribution in [0.5, 0.6) is 11.5 Å². The molecular formula is C30H27NO3. The molecule has 170 valence electrons. The fourth-order valence-corrected chi connectivity index (χ4v) is 3.51. The van der Waals surface area contributed by atoms with Crippen molar-refractivity contribution in [2.45, 2.75) is 20.1 Å². The number of ether oxygens (including phenoxy) is 2. The summed E-state index contributed by atoms with van der Waals surface area (Å²) in [7, 11) is 0. The van der Waals surface area contributed by atoms with Gasteiger partial charge in [0.2, 0.25) is 0 Å². The Labute approximate surface area is 200 Å². The van der Waals surface area contributed by atoms with E-state index in [2.05, 4.69) is 0 Å². The molecule has 0 fully saturated rings. The van der Waals surface area contributed by atoms with Crippen LogP contribution in [0, 0.1) is 6.92 Å². The molecule has 34 heavy (non-hydrogen) atoms. The van der Waals surface area contributed by atoms with E-state index in [9.17, 15) is 4.79 Å². The van der Waals surface area contributed by atoms with E-state index in [1.54, 1.807) is 36.4 Å². The lowest BCUT2D eigenvalue weighted by atomic mass is 10.1. The van der Waals surface area contributed by atoms with E-state index in [0.717, 1.165) is 22.3 Å². The maximum absolute atomic E-state index is 12.8. The second-order valence-electron chi connectivity index (χ2n) is 8.04. The Morgan fingerprint density at radius 3 is 1.76 bits per heavy atom. The third kappa shape index (κ3) is 6.14. The monoisotopic (exact) mass is 449 g/mol. The number of ketones is 1. The number of rotatable bonds is 9. The van der Waals surface area contributed by atoms with Gasteiger partial charge >= 0.3 is 0 Å². The molecule has 0 atom stereocenters. The first-order valence-electron chi connectivity index (χ1n) is 11.1. The molecule has 0 aliphatic rings. The number of nitrogens with two attached hydrogens (primary N) is 1. The molecule has 0 aliphatic carbocycles. The fourth-order valence-electron chi connectivity index (χ4n) is 3.51. The van der Waals surface area contributed by atoms with Crippen molar-refractivity contribution >= 4 is 17.5 Å². The lowest BCUT2D eigenvalue weighted by molar-refractivity contribution is 0.104. The number of anilines is 1. The lowest BCUT2D eigenvalue weighted by Crippen LogP contribution is -2.02. The van der Waals surface area contributed by atoms with E-state index in [1.165, 1.54) is 0 Å². The van der Waals surface area contributed by atoms with Gasteiger partial charge in [-0.15, -0.1) is 0 Å². The molecule has 0 radical (unpaired) electrons. The van der Waals surface area contributed by atoms with Crippen LogP contribution in [-0.4, -0.2) is 5.78 Å². The van der Waals surface area contributed by atoms with E-state index in [1.807, 2.05) is 79.7 Å². The quantitative estimate of drug-likeness (QED) is 0.177. The van der Waals surface area contributed by atoms with Crippen LogP contribution in [0.25, 0.3) is 6.08 Å². The Balaban J connectivity index is 1.64. The van der Waals surface area contributed by atoms with Gasteiger partial charge in [0.15, 0.2) is 5.78 Å². The average molecular weight is 450 g/mol. The Morgan fingerprint density at radius 2 is 1.26 bits per heavy atom. The largest absolute Gasteiger partial charge is 0.488 e. The third-order valence-electron chi connectivity index (χ3n) is 5.32. The topological polar surface area (TPSA) is 61.5 Å². The van der Waals surface area contributed by atoms with Crippen LogP contribution in [-0.2, 0) is 13.2 Å². The summed E-state index contributed by atoms with van der Waals surface area (Å²) in [6, 6.07) is 30.7. The van der Waals surface area contributed by atoms with Crippen molar-refractivity contribution in [2.75, 3.05) is 5.73 Å². The fraction of sp³-hybridized carbons (Fsp3) is 0.100. The van der Waals surface area contributed by atoms with Gasteiger partial charge in [-0.05, 0) is 72.2 Å². The highest BCUT2D eigenvalue weighted by atomic mass is 16.5. The predicted molar refractivity (Wildman–Crippen MR) is 137 cm³/mol. The minimum Gasteiger partial charge on any atom is -0.488 e. The molecule has 0 heterocycles. The summed E-state index contributed by atoms with van der Waals surface area (Å²) in [4.78, 5) is 12.8. The smallest absolute Gasteiger partial charge is 0.185 e. The van der Waals surface area contributed by atoms with Gasteiger partial charge in [-0.25, -0.2) is 0 Å². The van der Waals surface area contributed by atoms with Crippen LogP contribution in [0.15, 0.2) is 103 Å². The maximum atomic E-state index is 12.8. The summed E-state index contributed by atoms with van der Waals surface area (Å²) in [6.07, 6.45) is 3.31. The molecule has 0 aromatic heterocycles. The van der Waals surface area contributed by atoms with Gasteiger partial charge in [-0.1, -0.05) is 60.7 Å². The molecule has 0 saturated heterocycles. The third-order valence-corrected chi connectivity index (χ3v) is 5.32. The number of nitrogen functional groups attached to an aromatic ring is 1. The van der Waals surface area contributed by atoms with Gasteiger partial charge in [0, 0.05) is 11.3 Å².